The smallest absolute Gasteiger partial charge is 0.0801 e. The molecule has 1 heterocycles. The van der Waals surface area contributed by atoms with Crippen molar-refractivity contribution in [2.75, 3.05) is 0 Å². The molecule has 2 rings (SSSR count). The molecule has 0 amide bonds. The van der Waals surface area contributed by atoms with Crippen molar-refractivity contribution in [1.82, 2.24) is 15.0 Å². The summed E-state index contributed by atoms with van der Waals surface area (Å²) in [6.45, 7) is 2.06. The third kappa shape index (κ3) is 3.05. The van der Waals surface area contributed by atoms with Crippen molar-refractivity contribution in [3.8, 4) is 0 Å². The summed E-state index contributed by atoms with van der Waals surface area (Å²) in [6.07, 6.45) is 1.63. The lowest BCUT2D eigenvalue weighted by molar-refractivity contribution is 0.555. The zero-order valence-electron chi connectivity index (χ0n) is 10.1. The summed E-state index contributed by atoms with van der Waals surface area (Å²) in [5.41, 5.74) is 4.98. The molecule has 0 aliphatic rings. The van der Waals surface area contributed by atoms with Gasteiger partial charge in [0.25, 0.3) is 0 Å². The van der Waals surface area contributed by atoms with Crippen molar-refractivity contribution < 1.29 is 0 Å². The third-order valence-corrected chi connectivity index (χ3v) is 3.88. The molecule has 0 saturated carbocycles. The van der Waals surface area contributed by atoms with Crippen molar-refractivity contribution in [3.05, 3.63) is 45.4 Å². The minimum absolute atomic E-state index is 0.0263. The summed E-state index contributed by atoms with van der Waals surface area (Å²) < 4.78 is 3.99. The second-order valence-electron chi connectivity index (χ2n) is 3.99. The number of hydrogen-bond acceptors (Lipinski definition) is 5. The van der Waals surface area contributed by atoms with Crippen LogP contribution in [0, 0.1) is 0 Å². The first kappa shape index (κ1) is 13.4. The van der Waals surface area contributed by atoms with Gasteiger partial charge in [0.15, 0.2) is 0 Å². The van der Waals surface area contributed by atoms with E-state index in [1.807, 2.05) is 24.3 Å². The van der Waals surface area contributed by atoms with Crippen LogP contribution in [0.1, 0.15) is 29.1 Å². The molecule has 96 valence electrons. The predicted octanol–water partition coefficient (Wildman–Crippen LogP) is 2.50. The van der Waals surface area contributed by atoms with Crippen molar-refractivity contribution in [2.24, 2.45) is 5.84 Å². The fourth-order valence-corrected chi connectivity index (χ4v) is 2.86. The van der Waals surface area contributed by atoms with Crippen LogP contribution in [0.2, 0.25) is 5.02 Å². The van der Waals surface area contributed by atoms with Crippen LogP contribution in [0.4, 0.5) is 0 Å². The number of nitrogens with zero attached hydrogens (tertiary/aromatic N) is 2. The first-order valence-electron chi connectivity index (χ1n) is 5.76. The summed E-state index contributed by atoms with van der Waals surface area (Å²) in [6, 6.07) is 7.82. The summed E-state index contributed by atoms with van der Waals surface area (Å²) in [7, 11) is 0. The van der Waals surface area contributed by atoms with E-state index >= 15 is 0 Å². The Labute approximate surface area is 115 Å². The number of halogens is 1. The Hall–Kier alpha value is -1.01. The minimum Gasteiger partial charge on any atom is -0.271 e. The largest absolute Gasteiger partial charge is 0.271 e. The molecule has 0 spiro atoms. The van der Waals surface area contributed by atoms with Gasteiger partial charge in [-0.1, -0.05) is 35.1 Å². The van der Waals surface area contributed by atoms with E-state index in [2.05, 4.69) is 21.9 Å². The highest BCUT2D eigenvalue weighted by molar-refractivity contribution is 7.05. The predicted molar refractivity (Wildman–Crippen MR) is 74.5 cm³/mol. The number of aromatic nitrogens is 2. The zero-order valence-corrected chi connectivity index (χ0v) is 11.6. The average molecular weight is 283 g/mol. The lowest BCUT2D eigenvalue weighted by Gasteiger charge is -2.14. The van der Waals surface area contributed by atoms with Gasteiger partial charge in [0.2, 0.25) is 0 Å². The van der Waals surface area contributed by atoms with Gasteiger partial charge in [-0.15, -0.1) is 5.10 Å². The van der Waals surface area contributed by atoms with Crippen molar-refractivity contribution in [3.63, 3.8) is 0 Å². The molecule has 18 heavy (non-hydrogen) atoms. The molecular formula is C12H15ClN4S. The van der Waals surface area contributed by atoms with Gasteiger partial charge in [-0.3, -0.25) is 11.3 Å². The number of rotatable bonds is 5. The molecule has 0 fully saturated rings. The maximum Gasteiger partial charge on any atom is 0.0801 e. The Morgan fingerprint density at radius 1 is 1.50 bits per heavy atom. The number of hydrogen-bond donors (Lipinski definition) is 2. The zero-order chi connectivity index (χ0) is 13.0. The Morgan fingerprint density at radius 3 is 3.00 bits per heavy atom. The fraction of sp³-hybridized carbons (Fsp3) is 0.333. The number of benzene rings is 1. The maximum absolute atomic E-state index is 5.98. The maximum atomic E-state index is 5.98. The monoisotopic (exact) mass is 282 g/mol. The molecule has 1 aromatic carbocycles. The third-order valence-electron chi connectivity index (χ3n) is 2.77. The fourth-order valence-electron chi connectivity index (χ4n) is 1.85. The lowest BCUT2D eigenvalue weighted by Crippen LogP contribution is -2.29. The van der Waals surface area contributed by atoms with E-state index in [1.165, 1.54) is 11.5 Å². The van der Waals surface area contributed by atoms with Crippen LogP contribution >= 0.6 is 23.1 Å². The highest BCUT2D eigenvalue weighted by Gasteiger charge is 2.17. The van der Waals surface area contributed by atoms with Crippen LogP contribution in [-0.4, -0.2) is 9.59 Å². The molecule has 0 bridgehead atoms. The number of aryl methyl sites for hydroxylation is 1. The van der Waals surface area contributed by atoms with Gasteiger partial charge in [0, 0.05) is 5.02 Å². The minimum atomic E-state index is 0.0263. The molecule has 0 saturated heterocycles. The first-order chi connectivity index (χ1) is 8.74. The van der Waals surface area contributed by atoms with Crippen molar-refractivity contribution in [1.29, 1.82) is 0 Å². The molecule has 0 aliphatic carbocycles. The van der Waals surface area contributed by atoms with E-state index in [1.54, 1.807) is 0 Å². The Bertz CT molecular complexity index is 514. The van der Waals surface area contributed by atoms with Crippen LogP contribution in [0.25, 0.3) is 0 Å². The Morgan fingerprint density at radius 2 is 2.33 bits per heavy atom. The standard InChI is InChI=1S/C12H15ClN4S/c1-2-10-12(18-17-16-10)11(15-14)7-8-4-3-5-9(13)6-8/h3-6,11,15H,2,7,14H2,1H3. The second-order valence-corrected chi connectivity index (χ2v) is 5.21. The van der Waals surface area contributed by atoms with E-state index in [9.17, 15) is 0 Å². The first-order valence-corrected chi connectivity index (χ1v) is 6.91. The quantitative estimate of drug-likeness (QED) is 0.653. The molecular weight excluding hydrogens is 268 g/mol. The summed E-state index contributed by atoms with van der Waals surface area (Å²) >= 11 is 7.37. The van der Waals surface area contributed by atoms with E-state index in [0.29, 0.717) is 0 Å². The molecule has 2 aromatic rings. The van der Waals surface area contributed by atoms with Crippen LogP contribution in [0.15, 0.2) is 24.3 Å². The van der Waals surface area contributed by atoms with Crippen LogP contribution in [0.5, 0.6) is 0 Å². The van der Waals surface area contributed by atoms with E-state index in [4.69, 9.17) is 17.4 Å². The SMILES string of the molecule is CCc1nnsc1C(Cc1cccc(Cl)c1)NN. The van der Waals surface area contributed by atoms with Crippen LogP contribution < -0.4 is 11.3 Å². The normalized spacial score (nSPS) is 12.6. The molecule has 1 unspecified atom stereocenters. The molecule has 1 aromatic heterocycles. The molecule has 0 aliphatic heterocycles. The highest BCUT2D eigenvalue weighted by atomic mass is 35.5. The number of nitrogens with one attached hydrogen (secondary N) is 1. The Balaban J connectivity index is 2.20. The summed E-state index contributed by atoms with van der Waals surface area (Å²) in [5, 5.41) is 4.85. The van der Waals surface area contributed by atoms with Gasteiger partial charge in [-0.05, 0) is 42.1 Å². The van der Waals surface area contributed by atoms with E-state index in [-0.39, 0.29) is 6.04 Å². The van der Waals surface area contributed by atoms with Crippen molar-refractivity contribution in [2.45, 2.75) is 25.8 Å². The van der Waals surface area contributed by atoms with Gasteiger partial charge in [-0.25, -0.2) is 0 Å². The van der Waals surface area contributed by atoms with E-state index in [0.717, 1.165) is 34.0 Å². The van der Waals surface area contributed by atoms with Gasteiger partial charge in [0.1, 0.15) is 0 Å². The lowest BCUT2D eigenvalue weighted by atomic mass is 10.0. The van der Waals surface area contributed by atoms with Gasteiger partial charge in [0.05, 0.1) is 16.6 Å². The number of nitrogens with two attached hydrogens (primary N) is 1. The van der Waals surface area contributed by atoms with Gasteiger partial charge in [-0.2, -0.15) is 0 Å². The molecule has 4 nitrogen and oxygen atoms in total. The molecule has 1 atom stereocenters. The van der Waals surface area contributed by atoms with Gasteiger partial charge < -0.3 is 0 Å². The molecule has 6 heteroatoms. The van der Waals surface area contributed by atoms with Crippen molar-refractivity contribution >= 4 is 23.1 Å². The second kappa shape index (κ2) is 6.24. The number of hydrazine groups is 1. The summed E-state index contributed by atoms with van der Waals surface area (Å²) in [5.74, 6) is 5.64. The summed E-state index contributed by atoms with van der Waals surface area (Å²) in [4.78, 5) is 1.10. The topological polar surface area (TPSA) is 63.8 Å². The average Bonchev–Trinajstić information content (AvgIpc) is 2.84. The molecule has 3 N–H and O–H groups in total. The van der Waals surface area contributed by atoms with Crippen LogP contribution in [0.3, 0.4) is 0 Å². The van der Waals surface area contributed by atoms with Gasteiger partial charge >= 0.3 is 0 Å². The highest BCUT2D eigenvalue weighted by Crippen LogP contribution is 2.24. The molecule has 0 radical (unpaired) electrons. The Kier molecular flexibility index (Phi) is 4.66. The van der Waals surface area contributed by atoms with E-state index < -0.39 is 0 Å². The van der Waals surface area contributed by atoms with Crippen LogP contribution in [-0.2, 0) is 12.8 Å².